The van der Waals surface area contributed by atoms with Crippen molar-refractivity contribution in [3.8, 4) is 0 Å². The summed E-state index contributed by atoms with van der Waals surface area (Å²) in [5.41, 5.74) is 0.754. The lowest BCUT2D eigenvalue weighted by atomic mass is 10.2. The highest BCUT2D eigenvalue weighted by Crippen LogP contribution is 2.25. The van der Waals surface area contributed by atoms with Crippen LogP contribution >= 0.6 is 23.2 Å². The van der Waals surface area contributed by atoms with E-state index in [2.05, 4.69) is 10.3 Å². The fraction of sp³-hybridized carbons (Fsp3) is 0.0714. The smallest absolute Gasteiger partial charge is 0.337 e. The van der Waals surface area contributed by atoms with Crippen molar-refractivity contribution < 1.29 is 14.7 Å². The molecular formula is C14H10Cl2N2O3. The largest absolute Gasteiger partial charge is 0.478 e. The Bertz CT molecular complexity index is 732. The molecule has 5 nitrogen and oxygen atoms in total. The van der Waals surface area contributed by atoms with Crippen molar-refractivity contribution in [3.05, 3.63) is 57.3 Å². The van der Waals surface area contributed by atoms with E-state index in [1.54, 1.807) is 12.1 Å². The van der Waals surface area contributed by atoms with Crippen molar-refractivity contribution in [1.82, 2.24) is 4.98 Å². The number of hydrogen-bond donors (Lipinski definition) is 2. The van der Waals surface area contributed by atoms with Crippen molar-refractivity contribution in [2.75, 3.05) is 5.32 Å². The van der Waals surface area contributed by atoms with Crippen LogP contribution in [0.5, 0.6) is 0 Å². The van der Waals surface area contributed by atoms with Gasteiger partial charge >= 0.3 is 5.97 Å². The number of aryl methyl sites for hydroxylation is 1. The molecule has 0 atom stereocenters. The number of aromatic carboxylic acids is 1. The first-order valence-electron chi connectivity index (χ1n) is 5.86. The van der Waals surface area contributed by atoms with E-state index >= 15 is 0 Å². The SMILES string of the molecule is Cc1nc(C(=O)Nc2cc(Cl)ccc2Cl)ccc1C(=O)O. The monoisotopic (exact) mass is 324 g/mol. The van der Waals surface area contributed by atoms with Crippen LogP contribution in [0.2, 0.25) is 10.0 Å². The number of benzene rings is 1. The minimum absolute atomic E-state index is 0.0485. The molecule has 0 aliphatic heterocycles. The minimum Gasteiger partial charge on any atom is -0.478 e. The maximum atomic E-state index is 12.1. The molecule has 0 saturated heterocycles. The van der Waals surface area contributed by atoms with E-state index < -0.39 is 11.9 Å². The van der Waals surface area contributed by atoms with Gasteiger partial charge in [-0.2, -0.15) is 0 Å². The molecule has 2 N–H and O–H groups in total. The number of nitrogens with zero attached hydrogens (tertiary/aromatic N) is 1. The van der Waals surface area contributed by atoms with Crippen LogP contribution in [-0.4, -0.2) is 22.0 Å². The molecule has 0 radical (unpaired) electrons. The van der Waals surface area contributed by atoms with Crippen LogP contribution in [0.4, 0.5) is 5.69 Å². The van der Waals surface area contributed by atoms with Crippen molar-refractivity contribution in [1.29, 1.82) is 0 Å². The Morgan fingerprint density at radius 2 is 1.90 bits per heavy atom. The molecule has 1 amide bonds. The van der Waals surface area contributed by atoms with Crippen LogP contribution in [0.3, 0.4) is 0 Å². The van der Waals surface area contributed by atoms with E-state index in [0.29, 0.717) is 15.7 Å². The molecule has 0 aliphatic carbocycles. The van der Waals surface area contributed by atoms with Crippen LogP contribution in [0.15, 0.2) is 30.3 Å². The molecule has 0 fully saturated rings. The van der Waals surface area contributed by atoms with E-state index in [1.165, 1.54) is 25.1 Å². The van der Waals surface area contributed by atoms with E-state index in [4.69, 9.17) is 28.3 Å². The summed E-state index contributed by atoms with van der Waals surface area (Å²) >= 11 is 11.8. The van der Waals surface area contributed by atoms with E-state index in [1.807, 2.05) is 0 Å². The van der Waals surface area contributed by atoms with Crippen molar-refractivity contribution in [3.63, 3.8) is 0 Å². The summed E-state index contributed by atoms with van der Waals surface area (Å²) in [6, 6.07) is 7.35. The Balaban J connectivity index is 2.26. The van der Waals surface area contributed by atoms with Crippen molar-refractivity contribution in [2.45, 2.75) is 6.92 Å². The molecule has 0 aliphatic rings. The van der Waals surface area contributed by atoms with Gasteiger partial charge in [-0.15, -0.1) is 0 Å². The van der Waals surface area contributed by atoms with Gasteiger partial charge < -0.3 is 10.4 Å². The fourth-order valence-electron chi connectivity index (χ4n) is 1.69. The molecule has 2 aromatic rings. The van der Waals surface area contributed by atoms with E-state index in [-0.39, 0.29) is 17.0 Å². The molecule has 0 unspecified atom stereocenters. The molecule has 108 valence electrons. The summed E-state index contributed by atoms with van der Waals surface area (Å²) in [5, 5.41) is 12.3. The van der Waals surface area contributed by atoms with Crippen LogP contribution < -0.4 is 5.32 Å². The highest BCUT2D eigenvalue weighted by atomic mass is 35.5. The lowest BCUT2D eigenvalue weighted by Gasteiger charge is -2.08. The number of pyridine rings is 1. The Morgan fingerprint density at radius 1 is 1.19 bits per heavy atom. The average Bonchev–Trinajstić information content (AvgIpc) is 2.42. The maximum absolute atomic E-state index is 12.1. The summed E-state index contributed by atoms with van der Waals surface area (Å²) in [6.07, 6.45) is 0. The Kier molecular flexibility index (Phi) is 4.45. The number of carboxylic acids is 1. The highest BCUT2D eigenvalue weighted by Gasteiger charge is 2.14. The number of rotatable bonds is 3. The van der Waals surface area contributed by atoms with Gasteiger partial charge in [-0.1, -0.05) is 23.2 Å². The second-order valence-corrected chi connectivity index (χ2v) is 5.06. The predicted molar refractivity (Wildman–Crippen MR) is 80.3 cm³/mol. The molecule has 7 heteroatoms. The zero-order chi connectivity index (χ0) is 15.6. The average molecular weight is 325 g/mol. The first-order chi connectivity index (χ1) is 9.88. The van der Waals surface area contributed by atoms with Gasteiger partial charge in [0.1, 0.15) is 5.69 Å². The number of carboxylic acid groups (broad SMARTS) is 1. The van der Waals surface area contributed by atoms with Gasteiger partial charge in [0.2, 0.25) is 0 Å². The number of anilines is 1. The normalized spacial score (nSPS) is 10.2. The fourth-order valence-corrected chi connectivity index (χ4v) is 2.03. The summed E-state index contributed by atoms with van der Waals surface area (Å²) in [5.74, 6) is -1.59. The lowest BCUT2D eigenvalue weighted by molar-refractivity contribution is 0.0695. The second kappa shape index (κ2) is 6.11. The summed E-state index contributed by atoms with van der Waals surface area (Å²) in [4.78, 5) is 27.0. The molecule has 21 heavy (non-hydrogen) atoms. The standard InChI is InChI=1S/C14H10Cl2N2O3/c1-7-9(14(20)21)3-5-11(17-7)13(19)18-12-6-8(15)2-4-10(12)16/h2-6H,1H3,(H,18,19)(H,20,21). The van der Waals surface area contributed by atoms with Crippen LogP contribution in [0.1, 0.15) is 26.5 Å². The van der Waals surface area contributed by atoms with Gasteiger partial charge in [0, 0.05) is 5.02 Å². The van der Waals surface area contributed by atoms with Crippen molar-refractivity contribution >= 4 is 40.8 Å². The molecule has 0 bridgehead atoms. The molecular weight excluding hydrogens is 315 g/mol. The third-order valence-electron chi connectivity index (χ3n) is 2.73. The number of carbonyl (C=O) groups is 2. The molecule has 0 spiro atoms. The third-order valence-corrected chi connectivity index (χ3v) is 3.29. The minimum atomic E-state index is -1.09. The first kappa shape index (κ1) is 15.3. The summed E-state index contributed by atoms with van der Waals surface area (Å²) < 4.78 is 0. The van der Waals surface area contributed by atoms with Gasteiger partial charge in [0.25, 0.3) is 5.91 Å². The third kappa shape index (κ3) is 3.51. The maximum Gasteiger partial charge on any atom is 0.337 e. The van der Waals surface area contributed by atoms with Gasteiger partial charge in [0.15, 0.2) is 0 Å². The predicted octanol–water partition coefficient (Wildman–Crippen LogP) is 3.65. The number of aromatic nitrogens is 1. The lowest BCUT2D eigenvalue weighted by Crippen LogP contribution is -2.15. The zero-order valence-electron chi connectivity index (χ0n) is 10.9. The quantitative estimate of drug-likeness (QED) is 0.903. The number of carbonyl (C=O) groups excluding carboxylic acids is 1. The van der Waals surface area contributed by atoms with Crippen LogP contribution in [0.25, 0.3) is 0 Å². The van der Waals surface area contributed by atoms with E-state index in [0.717, 1.165) is 0 Å². The Labute approximate surface area is 130 Å². The number of amides is 1. The number of nitrogens with one attached hydrogen (secondary N) is 1. The van der Waals surface area contributed by atoms with Gasteiger partial charge in [-0.3, -0.25) is 4.79 Å². The molecule has 1 aromatic carbocycles. The Morgan fingerprint density at radius 3 is 2.52 bits per heavy atom. The van der Waals surface area contributed by atoms with Gasteiger partial charge in [-0.05, 0) is 37.3 Å². The van der Waals surface area contributed by atoms with E-state index in [9.17, 15) is 9.59 Å². The second-order valence-electron chi connectivity index (χ2n) is 4.21. The van der Waals surface area contributed by atoms with Gasteiger partial charge in [-0.25, -0.2) is 9.78 Å². The molecule has 1 heterocycles. The van der Waals surface area contributed by atoms with Crippen molar-refractivity contribution in [2.24, 2.45) is 0 Å². The number of hydrogen-bond acceptors (Lipinski definition) is 3. The van der Waals surface area contributed by atoms with Crippen LogP contribution in [-0.2, 0) is 0 Å². The topological polar surface area (TPSA) is 79.3 Å². The highest BCUT2D eigenvalue weighted by molar-refractivity contribution is 6.35. The molecule has 2 rings (SSSR count). The van der Waals surface area contributed by atoms with Gasteiger partial charge in [0.05, 0.1) is 22.0 Å². The number of halogens is 2. The Hall–Kier alpha value is -2.11. The summed E-state index contributed by atoms with van der Waals surface area (Å²) in [7, 11) is 0. The molecule has 1 aromatic heterocycles. The van der Waals surface area contributed by atoms with Crippen LogP contribution in [0, 0.1) is 6.92 Å². The molecule has 0 saturated carbocycles. The zero-order valence-corrected chi connectivity index (χ0v) is 12.4. The summed E-state index contributed by atoms with van der Waals surface area (Å²) in [6.45, 7) is 1.52. The first-order valence-corrected chi connectivity index (χ1v) is 6.61.